The molecule has 0 atom stereocenters. The lowest BCUT2D eigenvalue weighted by atomic mass is 10.2. The van der Waals surface area contributed by atoms with Crippen molar-refractivity contribution >= 4 is 84.3 Å². The lowest BCUT2D eigenvalue weighted by Gasteiger charge is -2.29. The summed E-state index contributed by atoms with van der Waals surface area (Å²) in [7, 11) is 0. The second-order valence-corrected chi connectivity index (χ2v) is 10.1. The third-order valence-electron chi connectivity index (χ3n) is 4.96. The highest BCUT2D eigenvalue weighted by atomic mass is 79.9. The van der Waals surface area contributed by atoms with Crippen molar-refractivity contribution in [2.24, 2.45) is 0 Å². The summed E-state index contributed by atoms with van der Waals surface area (Å²) >= 11 is 13.1. The first-order valence-electron chi connectivity index (χ1n) is 9.57. The maximum Gasteiger partial charge on any atom is 0.261 e. The largest absolute Gasteiger partial charge is 0.379 e. The highest BCUT2D eigenvalue weighted by Gasteiger charge is 2.24. The average molecular weight is 563 g/mol. The summed E-state index contributed by atoms with van der Waals surface area (Å²) in [5, 5.41) is 1.13. The normalized spacial score (nSPS) is 14.4. The van der Waals surface area contributed by atoms with E-state index in [1.165, 1.54) is 16.2 Å². The van der Waals surface area contributed by atoms with E-state index in [0.29, 0.717) is 22.3 Å². The molecular formula is C21H22BrCl2N3O2S2. The number of morpholine rings is 1. The molecule has 4 rings (SSSR count). The van der Waals surface area contributed by atoms with Crippen LogP contribution in [0.3, 0.4) is 0 Å². The second-order valence-electron chi connectivity index (χ2n) is 6.87. The molecule has 2 heterocycles. The molecule has 10 heteroatoms. The highest BCUT2D eigenvalue weighted by molar-refractivity contribution is 9.10. The van der Waals surface area contributed by atoms with Crippen molar-refractivity contribution in [3.05, 3.63) is 51.5 Å². The van der Waals surface area contributed by atoms with Gasteiger partial charge in [0, 0.05) is 35.5 Å². The SMILES string of the molecule is CSc1ccc2nc(N(CCN3CCOCC3)C(=O)c3cc(Br)ccc3Cl)sc2c1.Cl. The Labute approximate surface area is 209 Å². The Morgan fingerprint density at radius 1 is 1.29 bits per heavy atom. The average Bonchev–Trinajstić information content (AvgIpc) is 3.19. The van der Waals surface area contributed by atoms with E-state index in [0.717, 1.165) is 47.5 Å². The number of hydrogen-bond donors (Lipinski definition) is 0. The fourth-order valence-electron chi connectivity index (χ4n) is 3.29. The number of amides is 1. The van der Waals surface area contributed by atoms with Gasteiger partial charge in [0.05, 0.1) is 34.0 Å². The lowest BCUT2D eigenvalue weighted by Crippen LogP contribution is -2.43. The molecule has 0 N–H and O–H groups in total. The number of aromatic nitrogens is 1. The Bertz CT molecular complexity index is 1060. The molecule has 166 valence electrons. The van der Waals surface area contributed by atoms with Crippen molar-refractivity contribution in [2.45, 2.75) is 4.90 Å². The summed E-state index contributed by atoms with van der Waals surface area (Å²) in [6, 6.07) is 11.5. The standard InChI is InChI=1S/C21H21BrClN3O2S2.ClH/c1-29-15-3-5-18-19(13-15)30-21(24-18)26(7-6-25-8-10-28-11-9-25)20(27)16-12-14(22)2-4-17(16)23;/h2-5,12-13H,6-11H2,1H3;1H. The second kappa shape index (κ2) is 11.3. The lowest BCUT2D eigenvalue weighted by molar-refractivity contribution is 0.0391. The van der Waals surface area contributed by atoms with Crippen LogP contribution in [0.1, 0.15) is 10.4 Å². The van der Waals surface area contributed by atoms with E-state index in [9.17, 15) is 4.79 Å². The Kier molecular flexibility index (Phi) is 9.04. The summed E-state index contributed by atoms with van der Waals surface area (Å²) in [5.41, 5.74) is 1.37. The van der Waals surface area contributed by atoms with Crippen LogP contribution < -0.4 is 4.90 Å². The van der Waals surface area contributed by atoms with Crippen LogP contribution >= 0.6 is 63.0 Å². The molecule has 1 aliphatic heterocycles. The fourth-order valence-corrected chi connectivity index (χ4v) is 5.40. The van der Waals surface area contributed by atoms with Gasteiger partial charge >= 0.3 is 0 Å². The molecule has 0 bridgehead atoms. The number of thiazole rings is 1. The van der Waals surface area contributed by atoms with Crippen molar-refractivity contribution in [1.29, 1.82) is 0 Å². The van der Waals surface area contributed by atoms with Crippen molar-refractivity contribution in [3.63, 3.8) is 0 Å². The van der Waals surface area contributed by atoms with E-state index in [-0.39, 0.29) is 18.3 Å². The Morgan fingerprint density at radius 3 is 2.81 bits per heavy atom. The number of benzene rings is 2. The van der Waals surface area contributed by atoms with Gasteiger partial charge in [0.25, 0.3) is 5.91 Å². The van der Waals surface area contributed by atoms with E-state index in [1.54, 1.807) is 28.8 Å². The predicted octanol–water partition coefficient (Wildman–Crippen LogP) is 5.83. The number of anilines is 1. The number of ether oxygens (including phenoxy) is 1. The minimum absolute atomic E-state index is 0. The first-order chi connectivity index (χ1) is 14.5. The van der Waals surface area contributed by atoms with Crippen molar-refractivity contribution in [2.75, 3.05) is 50.5 Å². The molecule has 3 aromatic rings. The molecule has 31 heavy (non-hydrogen) atoms. The van der Waals surface area contributed by atoms with Crippen LogP contribution in [0.15, 0.2) is 45.8 Å². The molecule has 5 nitrogen and oxygen atoms in total. The summed E-state index contributed by atoms with van der Waals surface area (Å²) in [6.07, 6.45) is 2.05. The third-order valence-corrected chi connectivity index (χ3v) is 7.55. The molecule has 2 aromatic carbocycles. The van der Waals surface area contributed by atoms with E-state index >= 15 is 0 Å². The molecule has 1 aliphatic rings. The summed E-state index contributed by atoms with van der Waals surface area (Å²) < 4.78 is 7.33. The first-order valence-corrected chi connectivity index (χ1v) is 12.8. The van der Waals surface area contributed by atoms with Crippen molar-refractivity contribution in [3.8, 4) is 0 Å². The number of nitrogens with zero attached hydrogens (tertiary/aromatic N) is 3. The summed E-state index contributed by atoms with van der Waals surface area (Å²) in [6.45, 7) is 4.49. The van der Waals surface area contributed by atoms with Gasteiger partial charge in [0.15, 0.2) is 5.13 Å². The summed E-state index contributed by atoms with van der Waals surface area (Å²) in [5.74, 6) is -0.140. The highest BCUT2D eigenvalue weighted by Crippen LogP contribution is 2.33. The molecule has 1 saturated heterocycles. The summed E-state index contributed by atoms with van der Waals surface area (Å²) in [4.78, 5) is 23.5. The van der Waals surface area contributed by atoms with Gasteiger partial charge in [-0.25, -0.2) is 4.98 Å². The van der Waals surface area contributed by atoms with Crippen LogP contribution in [-0.4, -0.2) is 61.4 Å². The minimum atomic E-state index is -0.140. The maximum atomic E-state index is 13.5. The maximum absolute atomic E-state index is 13.5. The molecule has 0 saturated carbocycles. The van der Waals surface area contributed by atoms with Crippen LogP contribution in [0.2, 0.25) is 5.02 Å². The molecule has 0 aliphatic carbocycles. The zero-order chi connectivity index (χ0) is 21.1. The van der Waals surface area contributed by atoms with Gasteiger partial charge in [-0.05, 0) is 42.7 Å². The molecule has 0 radical (unpaired) electrons. The zero-order valence-electron chi connectivity index (χ0n) is 16.8. The van der Waals surface area contributed by atoms with Crippen molar-refractivity contribution < 1.29 is 9.53 Å². The Hall–Kier alpha value is -0.870. The van der Waals surface area contributed by atoms with Crippen LogP contribution in [0, 0.1) is 0 Å². The smallest absolute Gasteiger partial charge is 0.261 e. The van der Waals surface area contributed by atoms with E-state index in [2.05, 4.69) is 39.2 Å². The molecule has 0 spiro atoms. The van der Waals surface area contributed by atoms with Gasteiger partial charge in [-0.2, -0.15) is 0 Å². The zero-order valence-corrected chi connectivity index (χ0v) is 21.6. The van der Waals surface area contributed by atoms with Crippen LogP contribution in [0.5, 0.6) is 0 Å². The van der Waals surface area contributed by atoms with E-state index in [4.69, 9.17) is 21.3 Å². The van der Waals surface area contributed by atoms with Gasteiger partial charge in [-0.1, -0.05) is 38.9 Å². The number of rotatable bonds is 6. The van der Waals surface area contributed by atoms with Gasteiger partial charge in [-0.15, -0.1) is 24.2 Å². The number of fused-ring (bicyclic) bond motifs is 1. The van der Waals surface area contributed by atoms with Crippen LogP contribution in [0.25, 0.3) is 10.2 Å². The topological polar surface area (TPSA) is 45.7 Å². The Morgan fingerprint density at radius 2 is 2.06 bits per heavy atom. The first kappa shape index (κ1) is 24.8. The number of thioether (sulfide) groups is 1. The number of carbonyl (C=O) groups excluding carboxylic acids is 1. The molecule has 1 amide bonds. The quantitative estimate of drug-likeness (QED) is 0.353. The van der Waals surface area contributed by atoms with Crippen molar-refractivity contribution in [1.82, 2.24) is 9.88 Å². The fraction of sp³-hybridized carbons (Fsp3) is 0.333. The van der Waals surface area contributed by atoms with E-state index < -0.39 is 0 Å². The molecule has 0 unspecified atom stereocenters. The number of hydrogen-bond acceptors (Lipinski definition) is 6. The monoisotopic (exact) mass is 561 g/mol. The predicted molar refractivity (Wildman–Crippen MR) is 137 cm³/mol. The van der Waals surface area contributed by atoms with E-state index in [1.807, 2.05) is 12.1 Å². The van der Waals surface area contributed by atoms with Gasteiger partial charge in [0.1, 0.15) is 0 Å². The number of carbonyl (C=O) groups is 1. The Balaban J connectivity index is 0.00000272. The molecule has 1 aromatic heterocycles. The third kappa shape index (κ3) is 5.93. The van der Waals surface area contributed by atoms with Crippen LogP contribution in [0.4, 0.5) is 5.13 Å². The van der Waals surface area contributed by atoms with Gasteiger partial charge < -0.3 is 4.74 Å². The van der Waals surface area contributed by atoms with Gasteiger partial charge in [0.2, 0.25) is 0 Å². The minimum Gasteiger partial charge on any atom is -0.379 e. The molecular weight excluding hydrogens is 541 g/mol. The molecule has 1 fully saturated rings. The van der Waals surface area contributed by atoms with Crippen LogP contribution in [-0.2, 0) is 4.74 Å². The van der Waals surface area contributed by atoms with Gasteiger partial charge in [-0.3, -0.25) is 14.6 Å². The number of halogens is 3.